The van der Waals surface area contributed by atoms with Gasteiger partial charge < -0.3 is 0 Å². The Hall–Kier alpha value is 0.110. The third-order valence-corrected chi connectivity index (χ3v) is 3.61. The van der Waals surface area contributed by atoms with Gasteiger partial charge in [-0.3, -0.25) is 0 Å². The summed E-state index contributed by atoms with van der Waals surface area (Å²) in [6.45, 7) is 0. The Labute approximate surface area is 92.8 Å². The van der Waals surface area contributed by atoms with Gasteiger partial charge in [-0.2, -0.15) is 5.26 Å². The Morgan fingerprint density at radius 2 is 1.58 bits per heavy atom. The minimum atomic E-state index is 0.464. The molecule has 0 heterocycles. The van der Waals surface area contributed by atoms with Crippen molar-refractivity contribution in [2.45, 2.75) is 19.6 Å². The Morgan fingerprint density at radius 3 is 2.08 bits per heavy atom. The third-order valence-electron chi connectivity index (χ3n) is 1.35. The lowest BCUT2D eigenvalue weighted by Crippen LogP contribution is -1.84. The van der Waals surface area contributed by atoms with Crippen LogP contribution in [0.3, 0.4) is 0 Å². The van der Waals surface area contributed by atoms with Crippen molar-refractivity contribution in [1.29, 1.82) is 5.26 Å². The van der Waals surface area contributed by atoms with Crippen LogP contribution < -0.4 is 0 Å². The molecule has 0 aliphatic heterocycles. The maximum Gasteiger partial charge on any atom is 0.100 e. The minimum Gasteiger partial charge on any atom is -0.192 e. The zero-order chi connectivity index (χ0) is 9.30. The first-order valence-electron chi connectivity index (χ1n) is 2.95. The molecule has 0 fully saturated rings. The van der Waals surface area contributed by atoms with E-state index in [-0.39, 0.29) is 0 Å². The van der Waals surface area contributed by atoms with E-state index in [1.165, 1.54) is 0 Å². The van der Waals surface area contributed by atoms with Crippen LogP contribution in [0.15, 0.2) is 25.6 Å². The SMILES string of the molecule is N#Cc1cc(S)c(S)c(S)c1S. The highest BCUT2D eigenvalue weighted by atomic mass is 32.1. The predicted molar refractivity (Wildman–Crippen MR) is 60.2 cm³/mol. The summed E-state index contributed by atoms with van der Waals surface area (Å²) in [4.78, 5) is 2.41. The van der Waals surface area contributed by atoms with Crippen LogP contribution in [0.5, 0.6) is 0 Å². The van der Waals surface area contributed by atoms with Crippen molar-refractivity contribution in [2.24, 2.45) is 0 Å². The fraction of sp³-hybridized carbons (Fsp3) is 0. The van der Waals surface area contributed by atoms with Crippen molar-refractivity contribution in [1.82, 2.24) is 0 Å². The van der Waals surface area contributed by atoms with Crippen molar-refractivity contribution in [3.8, 4) is 6.07 Å². The summed E-state index contributed by atoms with van der Waals surface area (Å²) in [5, 5.41) is 8.67. The van der Waals surface area contributed by atoms with Crippen LogP contribution in [0.4, 0.5) is 0 Å². The zero-order valence-electron chi connectivity index (χ0n) is 5.81. The van der Waals surface area contributed by atoms with Gasteiger partial charge in [-0.15, -0.1) is 50.5 Å². The minimum absolute atomic E-state index is 0.464. The lowest BCUT2D eigenvalue weighted by molar-refractivity contribution is 1.04. The van der Waals surface area contributed by atoms with Crippen LogP contribution in [0.1, 0.15) is 5.56 Å². The van der Waals surface area contributed by atoms with Crippen LogP contribution in [0.2, 0.25) is 0 Å². The third kappa shape index (κ3) is 1.72. The maximum atomic E-state index is 8.67. The molecule has 0 radical (unpaired) electrons. The topological polar surface area (TPSA) is 23.8 Å². The molecule has 0 spiro atoms. The standard InChI is InChI=1S/C7H5NS4/c8-2-3-1-4(9)6(11)7(12)5(3)10/h1,9-12H. The molecule has 0 saturated carbocycles. The molecule has 5 heteroatoms. The second kappa shape index (κ2) is 3.88. The highest BCUT2D eigenvalue weighted by Crippen LogP contribution is 2.33. The smallest absolute Gasteiger partial charge is 0.100 e. The van der Waals surface area contributed by atoms with Gasteiger partial charge in [0.2, 0.25) is 0 Å². The Kier molecular flexibility index (Phi) is 3.29. The highest BCUT2D eigenvalue weighted by molar-refractivity contribution is 7.86. The van der Waals surface area contributed by atoms with Gasteiger partial charge in [0.15, 0.2) is 0 Å². The molecule has 12 heavy (non-hydrogen) atoms. The molecule has 0 saturated heterocycles. The Morgan fingerprint density at radius 1 is 1.00 bits per heavy atom. The number of nitrogens with zero attached hydrogens (tertiary/aromatic N) is 1. The Balaban J connectivity index is 3.52. The summed E-state index contributed by atoms with van der Waals surface area (Å²) in [7, 11) is 0. The van der Waals surface area contributed by atoms with Gasteiger partial charge in [0.25, 0.3) is 0 Å². The van der Waals surface area contributed by atoms with Crippen LogP contribution >= 0.6 is 50.5 Å². The van der Waals surface area contributed by atoms with Gasteiger partial charge in [-0.25, -0.2) is 0 Å². The van der Waals surface area contributed by atoms with E-state index in [9.17, 15) is 0 Å². The van der Waals surface area contributed by atoms with Gasteiger partial charge in [0, 0.05) is 19.6 Å². The van der Waals surface area contributed by atoms with Crippen LogP contribution in [0, 0.1) is 11.3 Å². The van der Waals surface area contributed by atoms with Gasteiger partial charge in [0.1, 0.15) is 6.07 Å². The monoisotopic (exact) mass is 231 g/mol. The quantitative estimate of drug-likeness (QED) is 0.507. The molecular formula is C7H5NS4. The molecule has 0 unspecified atom stereocenters. The molecule has 1 aromatic rings. The molecule has 0 aliphatic carbocycles. The van der Waals surface area contributed by atoms with E-state index < -0.39 is 0 Å². The van der Waals surface area contributed by atoms with Crippen LogP contribution in [-0.2, 0) is 0 Å². The number of hydrogen-bond donors (Lipinski definition) is 4. The van der Waals surface area contributed by atoms with E-state index in [1.807, 2.05) is 6.07 Å². The van der Waals surface area contributed by atoms with E-state index in [0.29, 0.717) is 25.1 Å². The van der Waals surface area contributed by atoms with Gasteiger partial charge in [-0.1, -0.05) is 0 Å². The van der Waals surface area contributed by atoms with Crippen LogP contribution in [-0.4, -0.2) is 0 Å². The van der Waals surface area contributed by atoms with Crippen molar-refractivity contribution in [2.75, 3.05) is 0 Å². The average Bonchev–Trinajstić information content (AvgIpc) is 2.08. The summed E-state index contributed by atoms with van der Waals surface area (Å²) in [5.74, 6) is 0. The maximum absolute atomic E-state index is 8.67. The summed E-state index contributed by atoms with van der Waals surface area (Å²) in [5.41, 5.74) is 0.464. The molecule has 1 nitrogen and oxygen atoms in total. The molecule has 0 N–H and O–H groups in total. The summed E-state index contributed by atoms with van der Waals surface area (Å²) in [6, 6.07) is 3.61. The van der Waals surface area contributed by atoms with Crippen molar-refractivity contribution in [3.63, 3.8) is 0 Å². The lowest BCUT2D eigenvalue weighted by atomic mass is 10.2. The normalized spacial score (nSPS) is 9.58. The molecule has 0 aliphatic rings. The van der Waals surface area contributed by atoms with Gasteiger partial charge >= 0.3 is 0 Å². The van der Waals surface area contributed by atoms with Gasteiger partial charge in [0.05, 0.1) is 5.56 Å². The average molecular weight is 231 g/mol. The predicted octanol–water partition coefficient (Wildman–Crippen LogP) is 2.71. The molecular weight excluding hydrogens is 226 g/mol. The number of rotatable bonds is 0. The van der Waals surface area contributed by atoms with Crippen molar-refractivity contribution < 1.29 is 0 Å². The van der Waals surface area contributed by atoms with E-state index in [0.717, 1.165) is 0 Å². The van der Waals surface area contributed by atoms with E-state index in [4.69, 9.17) is 5.26 Å². The lowest BCUT2D eigenvalue weighted by Gasteiger charge is -2.06. The fourth-order valence-corrected chi connectivity index (χ4v) is 1.78. The number of benzene rings is 1. The highest BCUT2D eigenvalue weighted by Gasteiger charge is 2.08. The first-order valence-corrected chi connectivity index (χ1v) is 4.73. The summed E-state index contributed by atoms with van der Waals surface area (Å²) < 4.78 is 0. The van der Waals surface area contributed by atoms with Gasteiger partial charge in [-0.05, 0) is 6.07 Å². The molecule has 0 bridgehead atoms. The fourth-order valence-electron chi connectivity index (χ4n) is 0.720. The second-order valence-corrected chi connectivity index (χ2v) is 3.92. The summed E-state index contributed by atoms with van der Waals surface area (Å²) in [6.07, 6.45) is 0. The molecule has 0 amide bonds. The molecule has 0 aromatic heterocycles. The van der Waals surface area contributed by atoms with E-state index in [2.05, 4.69) is 50.5 Å². The Bertz CT molecular complexity index is 367. The number of thiol groups is 4. The first kappa shape index (κ1) is 10.2. The van der Waals surface area contributed by atoms with Crippen LogP contribution in [0.25, 0.3) is 0 Å². The molecule has 1 rings (SSSR count). The largest absolute Gasteiger partial charge is 0.192 e. The molecule has 0 atom stereocenters. The first-order chi connectivity index (χ1) is 5.57. The van der Waals surface area contributed by atoms with Crippen molar-refractivity contribution in [3.05, 3.63) is 11.6 Å². The summed E-state index contributed by atoms with van der Waals surface area (Å²) >= 11 is 16.6. The zero-order valence-corrected chi connectivity index (χ0v) is 9.39. The molecule has 1 aromatic carbocycles. The number of hydrogen-bond acceptors (Lipinski definition) is 5. The van der Waals surface area contributed by atoms with Crippen molar-refractivity contribution >= 4 is 50.5 Å². The molecule has 62 valence electrons. The van der Waals surface area contributed by atoms with E-state index in [1.54, 1.807) is 6.07 Å². The number of nitriles is 1. The van der Waals surface area contributed by atoms with E-state index >= 15 is 0 Å². The second-order valence-electron chi connectivity index (χ2n) is 2.10.